The van der Waals surface area contributed by atoms with Crippen LogP contribution in [0, 0.1) is 5.92 Å². The summed E-state index contributed by atoms with van der Waals surface area (Å²) in [5.41, 5.74) is 0.648. The van der Waals surface area contributed by atoms with E-state index in [1.807, 2.05) is 13.0 Å². The van der Waals surface area contributed by atoms with E-state index in [4.69, 9.17) is 23.7 Å². The minimum absolute atomic E-state index is 0.134. The van der Waals surface area contributed by atoms with Gasteiger partial charge in [0.2, 0.25) is 0 Å². The Morgan fingerprint density at radius 1 is 1.13 bits per heavy atom. The van der Waals surface area contributed by atoms with E-state index in [1.165, 1.54) is 6.92 Å². The van der Waals surface area contributed by atoms with Crippen molar-refractivity contribution in [2.45, 2.75) is 76.8 Å². The topological polar surface area (TPSA) is 104 Å². The van der Waals surface area contributed by atoms with E-state index in [9.17, 15) is 14.4 Å². The molecule has 4 rings (SSSR count). The number of esters is 3. The van der Waals surface area contributed by atoms with Crippen molar-refractivity contribution in [1.29, 1.82) is 0 Å². The van der Waals surface area contributed by atoms with Crippen molar-refractivity contribution in [3.8, 4) is 0 Å². The molecule has 0 radical (unpaired) electrons. The van der Waals surface area contributed by atoms with Crippen molar-refractivity contribution in [1.82, 2.24) is 0 Å². The summed E-state index contributed by atoms with van der Waals surface area (Å²) >= 11 is 0. The van der Waals surface area contributed by atoms with Crippen molar-refractivity contribution in [2.75, 3.05) is 0 Å². The van der Waals surface area contributed by atoms with Crippen LogP contribution in [0.2, 0.25) is 0 Å². The van der Waals surface area contributed by atoms with Crippen LogP contribution in [0.4, 0.5) is 0 Å². The Balaban J connectivity index is 1.77. The molecule has 8 nitrogen and oxygen atoms in total. The van der Waals surface area contributed by atoms with E-state index in [2.05, 4.69) is 6.58 Å². The van der Waals surface area contributed by atoms with Crippen LogP contribution >= 0.6 is 0 Å². The van der Waals surface area contributed by atoms with Gasteiger partial charge < -0.3 is 23.7 Å². The molecule has 8 heteroatoms. The molecule has 0 bridgehead atoms. The van der Waals surface area contributed by atoms with E-state index in [0.717, 1.165) is 5.57 Å². The summed E-state index contributed by atoms with van der Waals surface area (Å²) in [7, 11) is 0. The van der Waals surface area contributed by atoms with E-state index >= 15 is 0 Å². The number of hydrogen-bond acceptors (Lipinski definition) is 8. The highest BCUT2D eigenvalue weighted by molar-refractivity contribution is 5.91. The van der Waals surface area contributed by atoms with Crippen LogP contribution in [0.15, 0.2) is 35.5 Å². The smallest absolute Gasteiger partial charge is 0.341 e. The highest BCUT2D eigenvalue weighted by Gasteiger charge is 2.59. The van der Waals surface area contributed by atoms with Crippen molar-refractivity contribution in [3.05, 3.63) is 35.5 Å². The molecule has 8 atom stereocenters. The number of ether oxygens (including phenoxy) is 5. The van der Waals surface area contributed by atoms with Gasteiger partial charge in [-0.2, -0.15) is 0 Å². The van der Waals surface area contributed by atoms with Crippen molar-refractivity contribution >= 4 is 17.9 Å². The first-order valence-electron chi connectivity index (χ1n) is 10.0. The van der Waals surface area contributed by atoms with Gasteiger partial charge >= 0.3 is 17.9 Å². The zero-order valence-electron chi connectivity index (χ0n) is 17.7. The quantitative estimate of drug-likeness (QED) is 0.225. The largest absolute Gasteiger partial charge is 0.455 e. The summed E-state index contributed by atoms with van der Waals surface area (Å²) in [4.78, 5) is 37.2. The Morgan fingerprint density at radius 2 is 1.77 bits per heavy atom. The molecular weight excluding hydrogens is 392 g/mol. The number of hydrogen-bond donors (Lipinski definition) is 0. The van der Waals surface area contributed by atoms with Crippen LogP contribution in [0.25, 0.3) is 0 Å². The van der Waals surface area contributed by atoms with Crippen LogP contribution in [0.5, 0.6) is 0 Å². The molecule has 30 heavy (non-hydrogen) atoms. The van der Waals surface area contributed by atoms with Crippen molar-refractivity contribution in [3.63, 3.8) is 0 Å². The lowest BCUT2D eigenvalue weighted by Gasteiger charge is -2.33. The molecule has 3 heterocycles. The zero-order valence-corrected chi connectivity index (χ0v) is 17.7. The standard InChI is InChI=1S/C22H26O8/c1-9-7-14-16(11(3)20(24)28-14)19(29-21(25)22(6)12(4)30-22)18(26-13(5)23)10(2)8-15-17(9)27-15/h7-8,12,14-19H,3H2,1-2,4-6H3/t12-,14+,15+,16?,17-,18-,19-,22-/m0/s1. The maximum absolute atomic E-state index is 12.9. The fourth-order valence-electron chi connectivity index (χ4n) is 4.16. The number of carbonyl (C=O) groups excluding carboxylic acids is 3. The first-order chi connectivity index (χ1) is 14.0. The van der Waals surface area contributed by atoms with Crippen LogP contribution in [0.3, 0.4) is 0 Å². The lowest BCUT2D eigenvalue weighted by atomic mass is 9.83. The molecule has 1 aliphatic carbocycles. The predicted octanol–water partition coefficient (Wildman–Crippen LogP) is 1.78. The number of rotatable bonds is 3. The average Bonchev–Trinajstić information content (AvgIpc) is 3.52. The fraction of sp³-hybridized carbons (Fsp3) is 0.591. The van der Waals surface area contributed by atoms with Crippen LogP contribution < -0.4 is 0 Å². The van der Waals surface area contributed by atoms with Gasteiger partial charge in [-0.3, -0.25) is 4.79 Å². The van der Waals surface area contributed by atoms with Crippen LogP contribution in [0.1, 0.15) is 34.6 Å². The van der Waals surface area contributed by atoms with Gasteiger partial charge in [-0.05, 0) is 44.9 Å². The molecule has 0 aromatic carbocycles. The molecule has 0 N–H and O–H groups in total. The second kappa shape index (κ2) is 7.06. The molecule has 0 aromatic rings. The van der Waals surface area contributed by atoms with Gasteiger partial charge in [0, 0.05) is 12.5 Å². The molecule has 162 valence electrons. The van der Waals surface area contributed by atoms with Gasteiger partial charge in [0.05, 0.1) is 12.0 Å². The molecular formula is C22H26O8. The lowest BCUT2D eigenvalue weighted by molar-refractivity contribution is -0.172. The van der Waals surface area contributed by atoms with Gasteiger partial charge in [0.25, 0.3) is 0 Å². The summed E-state index contributed by atoms with van der Waals surface area (Å²) in [5.74, 6) is -2.43. The Morgan fingerprint density at radius 3 is 2.37 bits per heavy atom. The third kappa shape index (κ3) is 3.48. The summed E-state index contributed by atoms with van der Waals surface area (Å²) in [6.07, 6.45) is 0.368. The third-order valence-electron chi connectivity index (χ3n) is 6.27. The van der Waals surface area contributed by atoms with E-state index in [1.54, 1.807) is 26.8 Å². The van der Waals surface area contributed by atoms with Crippen LogP contribution in [-0.2, 0) is 38.1 Å². The normalized spacial score (nSPS) is 42.1. The first kappa shape index (κ1) is 20.8. The van der Waals surface area contributed by atoms with E-state index in [-0.39, 0.29) is 23.9 Å². The second-order valence-electron chi connectivity index (χ2n) is 8.53. The van der Waals surface area contributed by atoms with Crippen molar-refractivity contribution < 1.29 is 38.1 Å². The summed E-state index contributed by atoms with van der Waals surface area (Å²) in [5, 5.41) is 0. The van der Waals surface area contributed by atoms with Gasteiger partial charge in [-0.15, -0.1) is 0 Å². The first-order valence-corrected chi connectivity index (χ1v) is 10.0. The number of fused-ring (bicyclic) bond motifs is 2. The monoisotopic (exact) mass is 418 g/mol. The third-order valence-corrected chi connectivity index (χ3v) is 6.27. The second-order valence-corrected chi connectivity index (χ2v) is 8.53. The molecule has 3 aliphatic heterocycles. The minimum atomic E-state index is -1.08. The summed E-state index contributed by atoms with van der Waals surface area (Å²) < 4.78 is 28.1. The summed E-state index contributed by atoms with van der Waals surface area (Å²) in [6.45, 7) is 12.2. The van der Waals surface area contributed by atoms with E-state index in [0.29, 0.717) is 5.57 Å². The Kier molecular flexibility index (Phi) is 4.90. The highest BCUT2D eigenvalue weighted by Crippen LogP contribution is 2.43. The van der Waals surface area contributed by atoms with Crippen LogP contribution in [-0.4, -0.2) is 60.1 Å². The predicted molar refractivity (Wildman–Crippen MR) is 103 cm³/mol. The van der Waals surface area contributed by atoms with Gasteiger partial charge in [0.1, 0.15) is 18.3 Å². The van der Waals surface area contributed by atoms with Gasteiger partial charge in [-0.1, -0.05) is 12.7 Å². The minimum Gasteiger partial charge on any atom is -0.455 e. The zero-order chi connectivity index (χ0) is 22.0. The highest BCUT2D eigenvalue weighted by atomic mass is 16.7. The summed E-state index contributed by atoms with van der Waals surface area (Å²) in [6, 6.07) is 0. The molecule has 0 saturated carbocycles. The molecule has 1 unspecified atom stereocenters. The average molecular weight is 418 g/mol. The molecule has 0 aromatic heterocycles. The number of carbonyl (C=O) groups is 3. The fourth-order valence-corrected chi connectivity index (χ4v) is 4.16. The molecule has 3 fully saturated rings. The molecule has 3 saturated heterocycles. The maximum Gasteiger partial charge on any atom is 0.341 e. The van der Waals surface area contributed by atoms with Crippen molar-refractivity contribution in [2.24, 2.45) is 5.92 Å². The van der Waals surface area contributed by atoms with Gasteiger partial charge in [-0.25, -0.2) is 9.59 Å². The molecule has 0 spiro atoms. The number of epoxide rings is 2. The Labute approximate surface area is 174 Å². The Hall–Kier alpha value is -2.45. The van der Waals surface area contributed by atoms with E-state index < -0.39 is 47.7 Å². The molecule has 0 amide bonds. The lowest BCUT2D eigenvalue weighted by Crippen LogP contribution is -2.46. The maximum atomic E-state index is 12.9. The SMILES string of the molecule is C=C1C(=O)O[C@@H]2C=C(C)[C@@H]3O[C@@H]3C=C(C)[C@H](OC(C)=O)[C@@H](OC(=O)[C@@]3(C)O[C@H]3C)C12. The van der Waals surface area contributed by atoms with Gasteiger partial charge in [0.15, 0.2) is 17.8 Å². The molecule has 4 aliphatic rings. The Bertz CT molecular complexity index is 886.